The molecule has 1 unspecified atom stereocenters. The minimum atomic E-state index is -3.78. The van der Waals surface area contributed by atoms with Crippen LogP contribution in [-0.4, -0.2) is 28.6 Å². The average Bonchev–Trinajstić information content (AvgIpc) is 2.70. The van der Waals surface area contributed by atoms with E-state index in [9.17, 15) is 16.8 Å². The van der Waals surface area contributed by atoms with Crippen molar-refractivity contribution >= 4 is 25.7 Å². The van der Waals surface area contributed by atoms with E-state index in [1.54, 1.807) is 0 Å². The maximum atomic E-state index is 12.4. The van der Waals surface area contributed by atoms with Crippen LogP contribution in [0.2, 0.25) is 0 Å². The minimum Gasteiger partial charge on any atom is -0.267 e. The van der Waals surface area contributed by atoms with Gasteiger partial charge in [0.25, 0.3) is 0 Å². The van der Waals surface area contributed by atoms with Gasteiger partial charge in [-0.2, -0.15) is 0 Å². The number of hydrogen-bond acceptors (Lipinski definition) is 4. The molecule has 1 heterocycles. The molecule has 6 nitrogen and oxygen atoms in total. The third-order valence-corrected chi connectivity index (χ3v) is 6.46. The largest absolute Gasteiger partial charge is 0.267 e. The number of unbranched alkanes of at least 4 members (excludes halogenated alkanes) is 1. The molecule has 0 bridgehead atoms. The predicted octanol–water partition coefficient (Wildman–Crippen LogP) is 1.21. The standard InChI is InChI=1S/C13H20N2O4S2/c1-3-4-7-20(16,17)15-10(2)8-11-9-12(21(14,18)19)5-6-13(11)15/h5-6,9-10H,3-4,7-8H2,1-2H3,(H2,14,18,19). The van der Waals surface area contributed by atoms with Crippen molar-refractivity contribution in [1.82, 2.24) is 0 Å². The lowest BCUT2D eigenvalue weighted by molar-refractivity contribution is 0.580. The van der Waals surface area contributed by atoms with Gasteiger partial charge >= 0.3 is 0 Å². The maximum Gasteiger partial charge on any atom is 0.238 e. The Morgan fingerprint density at radius 2 is 1.95 bits per heavy atom. The second kappa shape index (κ2) is 5.58. The van der Waals surface area contributed by atoms with Gasteiger partial charge in [-0.1, -0.05) is 13.3 Å². The smallest absolute Gasteiger partial charge is 0.238 e. The van der Waals surface area contributed by atoms with Gasteiger partial charge in [-0.3, -0.25) is 4.31 Å². The van der Waals surface area contributed by atoms with Crippen LogP contribution in [0.4, 0.5) is 5.69 Å². The van der Waals surface area contributed by atoms with E-state index in [1.807, 2.05) is 13.8 Å². The number of nitrogens with zero attached hydrogens (tertiary/aromatic N) is 1. The number of nitrogens with two attached hydrogens (primary N) is 1. The van der Waals surface area contributed by atoms with E-state index in [1.165, 1.54) is 22.5 Å². The Morgan fingerprint density at radius 3 is 2.52 bits per heavy atom. The van der Waals surface area contributed by atoms with Crippen LogP contribution in [0.5, 0.6) is 0 Å². The van der Waals surface area contributed by atoms with Gasteiger partial charge in [0.1, 0.15) is 0 Å². The molecule has 118 valence electrons. The van der Waals surface area contributed by atoms with Gasteiger partial charge in [0.15, 0.2) is 0 Å². The first-order chi connectivity index (χ1) is 9.66. The molecule has 21 heavy (non-hydrogen) atoms. The summed E-state index contributed by atoms with van der Waals surface area (Å²) in [5, 5.41) is 5.11. The van der Waals surface area contributed by atoms with E-state index >= 15 is 0 Å². The van der Waals surface area contributed by atoms with Crippen molar-refractivity contribution < 1.29 is 16.8 Å². The highest BCUT2D eigenvalue weighted by molar-refractivity contribution is 7.92. The van der Waals surface area contributed by atoms with Gasteiger partial charge in [0, 0.05) is 6.04 Å². The number of fused-ring (bicyclic) bond motifs is 1. The molecule has 2 N–H and O–H groups in total. The fourth-order valence-electron chi connectivity index (χ4n) is 2.61. The summed E-state index contributed by atoms with van der Waals surface area (Å²) in [6.07, 6.45) is 1.90. The second-order valence-corrected chi connectivity index (χ2v) is 8.88. The third-order valence-electron chi connectivity index (χ3n) is 3.59. The van der Waals surface area contributed by atoms with Crippen LogP contribution < -0.4 is 9.44 Å². The first-order valence-corrected chi connectivity index (χ1v) is 10.00. The average molecular weight is 332 g/mol. The summed E-state index contributed by atoms with van der Waals surface area (Å²) in [5.74, 6) is 0.101. The molecule has 1 aromatic rings. The molecule has 0 spiro atoms. The van der Waals surface area contributed by atoms with Crippen LogP contribution in [0, 0.1) is 0 Å². The summed E-state index contributed by atoms with van der Waals surface area (Å²) in [6, 6.07) is 4.14. The molecule has 1 aliphatic rings. The Balaban J connectivity index is 2.43. The molecular formula is C13H20N2O4S2. The Labute approximate surface area is 126 Å². The predicted molar refractivity (Wildman–Crippen MR) is 82.2 cm³/mol. The van der Waals surface area contributed by atoms with Crippen molar-refractivity contribution in [3.05, 3.63) is 23.8 Å². The van der Waals surface area contributed by atoms with Crippen molar-refractivity contribution in [2.24, 2.45) is 5.14 Å². The van der Waals surface area contributed by atoms with E-state index in [2.05, 4.69) is 0 Å². The van der Waals surface area contributed by atoms with Crippen molar-refractivity contribution in [2.75, 3.05) is 10.1 Å². The lowest BCUT2D eigenvalue weighted by atomic mass is 10.1. The molecule has 0 saturated heterocycles. The molecule has 0 amide bonds. The molecule has 2 rings (SSSR count). The highest BCUT2D eigenvalue weighted by Crippen LogP contribution is 2.36. The topological polar surface area (TPSA) is 97.5 Å². The zero-order chi connectivity index (χ0) is 15.8. The summed E-state index contributed by atoms with van der Waals surface area (Å²) < 4.78 is 49.0. The quantitative estimate of drug-likeness (QED) is 0.876. The SMILES string of the molecule is CCCCS(=O)(=O)N1c2ccc(S(N)(=O)=O)cc2CC1C. The van der Waals surface area contributed by atoms with Crippen LogP contribution in [0.25, 0.3) is 0 Å². The number of sulfonamides is 2. The minimum absolute atomic E-state index is 0.0151. The Kier molecular flexibility index (Phi) is 4.32. The van der Waals surface area contributed by atoms with Gasteiger partial charge in [0.05, 0.1) is 16.3 Å². The van der Waals surface area contributed by atoms with Crippen LogP contribution in [0.3, 0.4) is 0 Å². The van der Waals surface area contributed by atoms with Gasteiger partial charge in [-0.15, -0.1) is 0 Å². The highest BCUT2D eigenvalue weighted by Gasteiger charge is 2.35. The number of anilines is 1. The Hall–Kier alpha value is -1.12. The number of hydrogen-bond donors (Lipinski definition) is 1. The molecule has 0 aromatic heterocycles. The lowest BCUT2D eigenvalue weighted by Gasteiger charge is -2.24. The number of rotatable bonds is 5. The van der Waals surface area contributed by atoms with Crippen LogP contribution in [0.15, 0.2) is 23.1 Å². The molecule has 0 aliphatic carbocycles. The van der Waals surface area contributed by atoms with Crippen molar-refractivity contribution in [3.8, 4) is 0 Å². The van der Waals surface area contributed by atoms with E-state index in [0.717, 1.165) is 6.42 Å². The molecule has 1 aliphatic heterocycles. The maximum absolute atomic E-state index is 12.4. The van der Waals surface area contributed by atoms with Crippen molar-refractivity contribution in [2.45, 2.75) is 44.0 Å². The summed E-state index contributed by atoms with van der Waals surface area (Å²) >= 11 is 0. The first-order valence-electron chi connectivity index (χ1n) is 6.84. The first kappa shape index (κ1) is 16.3. The van der Waals surface area contributed by atoms with E-state index in [4.69, 9.17) is 5.14 Å². The summed E-state index contributed by atoms with van der Waals surface area (Å²) in [5.41, 5.74) is 1.26. The Morgan fingerprint density at radius 1 is 1.29 bits per heavy atom. The third kappa shape index (κ3) is 3.22. The highest BCUT2D eigenvalue weighted by atomic mass is 32.2. The molecule has 1 aromatic carbocycles. The van der Waals surface area contributed by atoms with E-state index in [-0.39, 0.29) is 16.7 Å². The fraction of sp³-hybridized carbons (Fsp3) is 0.538. The van der Waals surface area contributed by atoms with E-state index < -0.39 is 20.0 Å². The van der Waals surface area contributed by atoms with Gasteiger partial charge in [0.2, 0.25) is 20.0 Å². The summed E-state index contributed by atoms with van der Waals surface area (Å²) in [6.45, 7) is 3.76. The molecule has 0 saturated carbocycles. The zero-order valence-electron chi connectivity index (χ0n) is 12.1. The molecule has 0 fully saturated rings. The van der Waals surface area contributed by atoms with E-state index in [0.29, 0.717) is 24.1 Å². The Bertz CT molecular complexity index is 741. The normalized spacial score (nSPS) is 18.8. The molecule has 1 atom stereocenters. The second-order valence-electron chi connectivity index (χ2n) is 5.35. The molecule has 8 heteroatoms. The molecular weight excluding hydrogens is 312 g/mol. The molecule has 0 radical (unpaired) electrons. The van der Waals surface area contributed by atoms with Gasteiger partial charge in [-0.05, 0) is 43.5 Å². The number of primary sulfonamides is 1. The van der Waals surface area contributed by atoms with Crippen LogP contribution in [-0.2, 0) is 26.5 Å². The number of benzene rings is 1. The van der Waals surface area contributed by atoms with Crippen LogP contribution in [0.1, 0.15) is 32.3 Å². The van der Waals surface area contributed by atoms with Crippen molar-refractivity contribution in [3.63, 3.8) is 0 Å². The van der Waals surface area contributed by atoms with Crippen molar-refractivity contribution in [1.29, 1.82) is 0 Å². The lowest BCUT2D eigenvalue weighted by Crippen LogP contribution is -2.37. The van der Waals surface area contributed by atoms with Crippen LogP contribution >= 0.6 is 0 Å². The van der Waals surface area contributed by atoms with Gasteiger partial charge < -0.3 is 0 Å². The van der Waals surface area contributed by atoms with Gasteiger partial charge in [-0.25, -0.2) is 22.0 Å². The zero-order valence-corrected chi connectivity index (χ0v) is 13.7. The fourth-order valence-corrected chi connectivity index (χ4v) is 5.12. The summed E-state index contributed by atoms with van der Waals surface area (Å²) in [4.78, 5) is 0.0151. The summed E-state index contributed by atoms with van der Waals surface area (Å²) in [7, 11) is -7.16. The monoisotopic (exact) mass is 332 g/mol.